The Morgan fingerprint density at radius 2 is 1.97 bits per heavy atom. The maximum absolute atomic E-state index is 13.7. The van der Waals surface area contributed by atoms with Crippen LogP contribution in [0.25, 0.3) is 5.76 Å². The zero-order valence-corrected chi connectivity index (χ0v) is 19.3. The van der Waals surface area contributed by atoms with E-state index in [0.29, 0.717) is 16.3 Å². The molecule has 1 saturated carbocycles. The number of phenols is 1. The summed E-state index contributed by atoms with van der Waals surface area (Å²) in [4.78, 5) is 38.6. The number of likely N-dealkylation sites (N-methyl/N-ethyl adjacent to an activating group) is 1. The number of benzene rings is 1. The molecule has 11 heteroatoms. The molecule has 1 fully saturated rings. The Morgan fingerprint density at radius 1 is 1.33 bits per heavy atom. The average Bonchev–Trinajstić information content (AvgIpc) is 2.72. The van der Waals surface area contributed by atoms with Gasteiger partial charge in [-0.1, -0.05) is 15.9 Å². The van der Waals surface area contributed by atoms with Crippen molar-refractivity contribution in [3.05, 3.63) is 44.1 Å². The fourth-order valence-electron chi connectivity index (χ4n) is 5.43. The number of hydrogen-bond donors (Lipinski definition) is 6. The van der Waals surface area contributed by atoms with Crippen molar-refractivity contribution in [3.8, 4) is 5.75 Å². The lowest BCUT2D eigenvalue weighted by atomic mass is 9.57. The SMILES string of the molecule is CN(C)C1C(O)=C(C(N)=O)C(=N)[C@@]2(O)C(=O)C3=C(O)c4c(O)c(C=O)cc(Br)c4C[C@H]3C[C@@H]12. The quantitative estimate of drug-likeness (QED) is 0.319. The second-order valence-electron chi connectivity index (χ2n) is 8.78. The number of amides is 1. The molecular weight excluding hydrogens is 498 g/mol. The number of Topliss-reactive ketones (excluding diaryl/α,β-unsaturated/α-hetero) is 1. The lowest BCUT2D eigenvalue weighted by Crippen LogP contribution is -2.67. The molecule has 0 radical (unpaired) electrons. The Balaban J connectivity index is 1.98. The molecule has 3 aliphatic rings. The van der Waals surface area contributed by atoms with Crippen molar-refractivity contribution in [1.82, 2.24) is 4.90 Å². The van der Waals surface area contributed by atoms with E-state index in [1.54, 1.807) is 14.1 Å². The van der Waals surface area contributed by atoms with Crippen LogP contribution in [0.15, 0.2) is 27.4 Å². The van der Waals surface area contributed by atoms with Crippen molar-refractivity contribution in [2.75, 3.05) is 14.1 Å². The minimum absolute atomic E-state index is 0.0744. The second-order valence-corrected chi connectivity index (χ2v) is 9.63. The first kappa shape index (κ1) is 23.1. The third-order valence-electron chi connectivity index (χ3n) is 6.88. The van der Waals surface area contributed by atoms with Gasteiger partial charge in [0, 0.05) is 16.0 Å². The topological polar surface area (TPSA) is 185 Å². The number of aliphatic hydroxyl groups is 3. The highest BCUT2D eigenvalue weighted by Gasteiger charge is 2.63. The van der Waals surface area contributed by atoms with Gasteiger partial charge in [0.1, 0.15) is 22.8 Å². The van der Waals surface area contributed by atoms with Crippen LogP contribution in [0, 0.1) is 17.2 Å². The van der Waals surface area contributed by atoms with Gasteiger partial charge in [-0.05, 0) is 44.5 Å². The number of phenolic OH excluding ortho intramolecular Hbond substituents is 1. The fourth-order valence-corrected chi connectivity index (χ4v) is 6.04. The molecule has 33 heavy (non-hydrogen) atoms. The second kappa shape index (κ2) is 7.51. The Kier molecular flexibility index (Phi) is 5.26. The largest absolute Gasteiger partial charge is 0.510 e. The highest BCUT2D eigenvalue weighted by Crippen LogP contribution is 2.53. The highest BCUT2D eigenvalue weighted by atomic mass is 79.9. The number of fused-ring (bicyclic) bond motifs is 3. The summed E-state index contributed by atoms with van der Waals surface area (Å²) in [6.45, 7) is 0. The summed E-state index contributed by atoms with van der Waals surface area (Å²) in [5.74, 6) is -5.42. The highest BCUT2D eigenvalue weighted by molar-refractivity contribution is 9.10. The molecule has 0 saturated heterocycles. The summed E-state index contributed by atoms with van der Waals surface area (Å²) >= 11 is 3.35. The van der Waals surface area contributed by atoms with E-state index in [0.717, 1.165) is 0 Å². The number of nitrogens with one attached hydrogen (secondary N) is 1. The molecule has 0 bridgehead atoms. The Labute approximate surface area is 196 Å². The van der Waals surface area contributed by atoms with Gasteiger partial charge in [0.2, 0.25) is 5.78 Å². The normalized spacial score (nSPS) is 29.1. The number of primary amides is 1. The van der Waals surface area contributed by atoms with Crippen LogP contribution in [-0.2, 0) is 16.0 Å². The molecule has 1 aromatic carbocycles. The predicted molar refractivity (Wildman–Crippen MR) is 120 cm³/mol. The van der Waals surface area contributed by atoms with Gasteiger partial charge in [0.15, 0.2) is 11.9 Å². The van der Waals surface area contributed by atoms with E-state index in [1.807, 2.05) is 0 Å². The van der Waals surface area contributed by atoms with Gasteiger partial charge in [-0.25, -0.2) is 0 Å². The van der Waals surface area contributed by atoms with Crippen LogP contribution in [0.5, 0.6) is 5.75 Å². The number of rotatable bonds is 3. The van der Waals surface area contributed by atoms with Crippen molar-refractivity contribution >= 4 is 45.4 Å². The molecule has 7 N–H and O–H groups in total. The van der Waals surface area contributed by atoms with E-state index in [1.165, 1.54) is 11.0 Å². The van der Waals surface area contributed by atoms with Crippen LogP contribution >= 0.6 is 15.9 Å². The van der Waals surface area contributed by atoms with Gasteiger partial charge >= 0.3 is 0 Å². The Morgan fingerprint density at radius 3 is 2.52 bits per heavy atom. The van der Waals surface area contributed by atoms with E-state index >= 15 is 0 Å². The minimum Gasteiger partial charge on any atom is -0.510 e. The molecule has 174 valence electrons. The van der Waals surface area contributed by atoms with Gasteiger partial charge in [-0.3, -0.25) is 19.3 Å². The fraction of sp³-hybridized carbons (Fsp3) is 0.364. The zero-order chi connectivity index (χ0) is 24.6. The Bertz CT molecular complexity index is 1220. The van der Waals surface area contributed by atoms with Crippen LogP contribution in [0.2, 0.25) is 0 Å². The van der Waals surface area contributed by atoms with Crippen LogP contribution in [-0.4, -0.2) is 74.8 Å². The molecule has 0 aromatic heterocycles. The number of halogens is 1. The number of ketones is 1. The van der Waals surface area contributed by atoms with Gasteiger partial charge in [0.25, 0.3) is 5.91 Å². The molecule has 4 atom stereocenters. The number of aliphatic hydroxyl groups excluding tert-OH is 2. The number of carbonyl (C=O) groups excluding carboxylic acids is 3. The summed E-state index contributed by atoms with van der Waals surface area (Å²) in [6, 6.07) is 0.419. The summed E-state index contributed by atoms with van der Waals surface area (Å²) in [5, 5.41) is 52.4. The van der Waals surface area contributed by atoms with Crippen molar-refractivity contribution < 1.29 is 34.8 Å². The van der Waals surface area contributed by atoms with Crippen LogP contribution < -0.4 is 5.73 Å². The summed E-state index contributed by atoms with van der Waals surface area (Å²) < 4.78 is 0.454. The van der Waals surface area contributed by atoms with E-state index in [4.69, 9.17) is 11.1 Å². The molecule has 0 aliphatic heterocycles. The molecule has 0 spiro atoms. The van der Waals surface area contributed by atoms with E-state index in [-0.39, 0.29) is 29.5 Å². The Hall–Kier alpha value is -3.02. The van der Waals surface area contributed by atoms with Crippen molar-refractivity contribution in [1.29, 1.82) is 5.41 Å². The summed E-state index contributed by atoms with van der Waals surface area (Å²) in [6.07, 6.45) is 0.661. The standard InChI is InChI=1S/C22H22BrN3O7/c1-26(2)15-10-4-7-3-9-11(23)5-8(6-27)16(28)13(9)17(29)12(7)20(31)22(10,33)19(24)14(18(15)30)21(25)32/h5-7,10,15,24,28-30,33H,3-4H2,1-2H3,(H2,25,32)/t7-,10-,15?,22+/m0/s1. The van der Waals surface area contributed by atoms with E-state index < -0.39 is 63.7 Å². The average molecular weight is 520 g/mol. The molecule has 1 amide bonds. The van der Waals surface area contributed by atoms with Gasteiger partial charge in [-0.2, -0.15) is 0 Å². The summed E-state index contributed by atoms with van der Waals surface area (Å²) in [5.41, 5.74) is 1.39. The van der Waals surface area contributed by atoms with E-state index in [9.17, 15) is 34.8 Å². The smallest absolute Gasteiger partial charge is 0.254 e. The number of aromatic hydroxyl groups is 1. The lowest BCUT2D eigenvalue weighted by Gasteiger charge is -2.51. The third kappa shape index (κ3) is 2.92. The zero-order valence-electron chi connectivity index (χ0n) is 17.7. The number of carbonyl (C=O) groups is 3. The number of nitrogens with two attached hydrogens (primary N) is 1. The minimum atomic E-state index is -2.54. The molecule has 4 rings (SSSR count). The van der Waals surface area contributed by atoms with Crippen LogP contribution in [0.3, 0.4) is 0 Å². The van der Waals surface area contributed by atoms with Crippen molar-refractivity contribution in [3.63, 3.8) is 0 Å². The number of hydrogen-bond acceptors (Lipinski definition) is 9. The molecule has 1 aromatic rings. The lowest BCUT2D eigenvalue weighted by molar-refractivity contribution is -0.138. The molecular formula is C22H22BrN3O7. The molecule has 3 aliphatic carbocycles. The first-order valence-corrected chi connectivity index (χ1v) is 10.9. The number of aldehydes is 1. The van der Waals surface area contributed by atoms with Crippen molar-refractivity contribution in [2.45, 2.75) is 24.5 Å². The first-order valence-electron chi connectivity index (χ1n) is 10.1. The van der Waals surface area contributed by atoms with E-state index in [2.05, 4.69) is 15.9 Å². The van der Waals surface area contributed by atoms with Gasteiger partial charge in [0.05, 0.1) is 22.9 Å². The van der Waals surface area contributed by atoms with Gasteiger partial charge < -0.3 is 31.6 Å². The van der Waals surface area contributed by atoms with Crippen LogP contribution in [0.4, 0.5) is 0 Å². The van der Waals surface area contributed by atoms with Crippen molar-refractivity contribution in [2.24, 2.45) is 17.6 Å². The first-order chi connectivity index (χ1) is 15.4. The maximum atomic E-state index is 13.7. The number of nitrogens with zero attached hydrogens (tertiary/aromatic N) is 1. The van der Waals surface area contributed by atoms with Gasteiger partial charge in [-0.15, -0.1) is 0 Å². The predicted octanol–water partition coefficient (Wildman–Crippen LogP) is 0.990. The molecule has 10 nitrogen and oxygen atoms in total. The molecule has 0 heterocycles. The maximum Gasteiger partial charge on any atom is 0.254 e. The third-order valence-corrected chi connectivity index (χ3v) is 7.58. The monoisotopic (exact) mass is 519 g/mol. The molecule has 1 unspecified atom stereocenters. The summed E-state index contributed by atoms with van der Waals surface area (Å²) in [7, 11) is 3.18. The van der Waals surface area contributed by atoms with Crippen LogP contribution in [0.1, 0.15) is 27.9 Å².